The van der Waals surface area contributed by atoms with Crippen molar-refractivity contribution in [2.24, 2.45) is 4.99 Å². The number of anilines is 1. The number of ether oxygens (including phenoxy) is 1. The zero-order valence-electron chi connectivity index (χ0n) is 18.2. The average molecular weight is 545 g/mol. The molecule has 1 atom stereocenters. The molecule has 9 heteroatoms. The molecule has 1 saturated heterocycles. The molecule has 0 saturated carbocycles. The van der Waals surface area contributed by atoms with Gasteiger partial charge >= 0.3 is 0 Å². The summed E-state index contributed by atoms with van der Waals surface area (Å²) in [6, 6.07) is 8.55. The van der Waals surface area contributed by atoms with E-state index in [-0.39, 0.29) is 30.0 Å². The smallest absolute Gasteiger partial charge is 0.191 e. The third-order valence-electron chi connectivity index (χ3n) is 5.12. The Morgan fingerprint density at radius 2 is 2.00 bits per heavy atom. The van der Waals surface area contributed by atoms with Gasteiger partial charge in [0.25, 0.3) is 0 Å². The molecule has 166 valence electrons. The normalized spacial score (nSPS) is 15.4. The molecule has 2 N–H and O–H groups in total. The Morgan fingerprint density at radius 3 is 2.63 bits per heavy atom. The number of thiazole rings is 1. The molecular weight excluding hydrogens is 511 g/mol. The lowest BCUT2D eigenvalue weighted by Gasteiger charge is -2.30. The van der Waals surface area contributed by atoms with Crippen molar-refractivity contribution in [3.05, 3.63) is 40.9 Å². The summed E-state index contributed by atoms with van der Waals surface area (Å²) in [4.78, 5) is 13.6. The Bertz CT molecular complexity index is 806. The fraction of sp³-hybridized carbons (Fsp3) is 0.524. The molecule has 1 fully saturated rings. The van der Waals surface area contributed by atoms with Crippen LogP contribution in [0.4, 0.5) is 5.13 Å². The van der Waals surface area contributed by atoms with E-state index in [1.54, 1.807) is 25.5 Å². The minimum atomic E-state index is 0. The first-order chi connectivity index (χ1) is 14.1. The van der Waals surface area contributed by atoms with Crippen LogP contribution in [0.5, 0.6) is 5.75 Å². The molecule has 1 aliphatic rings. The SMILES string of the molecule is CN=C(NCc1csc(N(C)C)n1)NCC(c1ccccc1OC)N1CCCC1.I. The number of nitrogens with one attached hydrogen (secondary N) is 2. The van der Waals surface area contributed by atoms with Gasteiger partial charge in [0, 0.05) is 38.6 Å². The first kappa shape index (κ1) is 24.7. The second-order valence-electron chi connectivity index (χ2n) is 7.32. The summed E-state index contributed by atoms with van der Waals surface area (Å²) >= 11 is 1.65. The number of aromatic nitrogens is 1. The Morgan fingerprint density at radius 1 is 1.27 bits per heavy atom. The van der Waals surface area contributed by atoms with Crippen molar-refractivity contribution in [1.29, 1.82) is 0 Å². The van der Waals surface area contributed by atoms with Crippen LogP contribution in [0.15, 0.2) is 34.6 Å². The number of hydrogen-bond acceptors (Lipinski definition) is 6. The van der Waals surface area contributed by atoms with Crippen molar-refractivity contribution in [1.82, 2.24) is 20.5 Å². The van der Waals surface area contributed by atoms with Gasteiger partial charge in [0.05, 0.1) is 25.4 Å². The van der Waals surface area contributed by atoms with Gasteiger partial charge in [-0.2, -0.15) is 0 Å². The maximum atomic E-state index is 5.63. The standard InChI is InChI=1S/C21H32N6OS.HI/c1-22-20(23-13-16-15-29-21(25-16)26(2)3)24-14-18(27-11-7-8-12-27)17-9-5-6-10-19(17)28-4;/h5-6,9-10,15,18H,7-8,11-14H2,1-4H3,(H2,22,23,24);1H. The predicted octanol–water partition coefficient (Wildman–Crippen LogP) is 3.34. The van der Waals surface area contributed by atoms with Gasteiger partial charge < -0.3 is 20.3 Å². The lowest BCUT2D eigenvalue weighted by Crippen LogP contribution is -2.42. The van der Waals surface area contributed by atoms with Gasteiger partial charge in [-0.1, -0.05) is 18.2 Å². The summed E-state index contributed by atoms with van der Waals surface area (Å²) < 4.78 is 5.63. The highest BCUT2D eigenvalue weighted by atomic mass is 127. The summed E-state index contributed by atoms with van der Waals surface area (Å²) in [5.74, 6) is 1.72. The van der Waals surface area contributed by atoms with Crippen molar-refractivity contribution >= 4 is 46.4 Å². The van der Waals surface area contributed by atoms with Crippen LogP contribution in [0.3, 0.4) is 0 Å². The molecular formula is C21H33IN6OS. The van der Waals surface area contributed by atoms with E-state index in [0.717, 1.165) is 42.2 Å². The van der Waals surface area contributed by atoms with Crippen LogP contribution < -0.4 is 20.3 Å². The number of halogens is 1. The minimum Gasteiger partial charge on any atom is -0.496 e. The second kappa shape index (κ2) is 12.3. The first-order valence-corrected chi connectivity index (χ1v) is 10.9. The molecule has 7 nitrogen and oxygen atoms in total. The second-order valence-corrected chi connectivity index (χ2v) is 8.16. The highest BCUT2D eigenvalue weighted by Gasteiger charge is 2.26. The van der Waals surface area contributed by atoms with Gasteiger partial charge in [-0.3, -0.25) is 9.89 Å². The van der Waals surface area contributed by atoms with Gasteiger partial charge in [-0.25, -0.2) is 4.98 Å². The maximum Gasteiger partial charge on any atom is 0.191 e. The molecule has 0 amide bonds. The number of hydrogen-bond donors (Lipinski definition) is 2. The molecule has 3 rings (SSSR count). The maximum absolute atomic E-state index is 5.63. The Labute approximate surface area is 200 Å². The molecule has 30 heavy (non-hydrogen) atoms. The molecule has 1 aliphatic heterocycles. The van der Waals surface area contributed by atoms with E-state index in [4.69, 9.17) is 4.74 Å². The number of aliphatic imine (C=N–C) groups is 1. The molecule has 2 heterocycles. The van der Waals surface area contributed by atoms with Gasteiger partial charge in [-0.05, 0) is 32.0 Å². The van der Waals surface area contributed by atoms with Crippen molar-refractivity contribution in [3.63, 3.8) is 0 Å². The van der Waals surface area contributed by atoms with E-state index in [0.29, 0.717) is 6.54 Å². The number of rotatable bonds is 8. The fourth-order valence-electron chi connectivity index (χ4n) is 3.60. The van der Waals surface area contributed by atoms with E-state index >= 15 is 0 Å². The molecule has 1 unspecified atom stereocenters. The van der Waals surface area contributed by atoms with Crippen LogP contribution in [-0.4, -0.2) is 63.7 Å². The Balaban J connectivity index is 0.00000320. The van der Waals surface area contributed by atoms with Crippen molar-refractivity contribution < 1.29 is 4.74 Å². The van der Waals surface area contributed by atoms with Crippen molar-refractivity contribution in [3.8, 4) is 5.75 Å². The number of nitrogens with zero attached hydrogens (tertiary/aromatic N) is 4. The van der Waals surface area contributed by atoms with E-state index in [1.165, 1.54) is 18.4 Å². The number of guanidine groups is 1. The summed E-state index contributed by atoms with van der Waals surface area (Å²) in [6.07, 6.45) is 2.49. The van der Waals surface area contributed by atoms with Gasteiger partial charge in [0.1, 0.15) is 5.75 Å². The first-order valence-electron chi connectivity index (χ1n) is 10.1. The third kappa shape index (κ3) is 6.45. The molecule has 0 aliphatic carbocycles. The predicted molar refractivity (Wildman–Crippen MR) is 137 cm³/mol. The quantitative estimate of drug-likeness (QED) is 0.302. The monoisotopic (exact) mass is 544 g/mol. The Hall–Kier alpha value is -1.59. The fourth-order valence-corrected chi connectivity index (χ4v) is 4.36. The van der Waals surface area contributed by atoms with Crippen LogP contribution in [0.25, 0.3) is 0 Å². The molecule has 0 radical (unpaired) electrons. The third-order valence-corrected chi connectivity index (χ3v) is 6.18. The summed E-state index contributed by atoms with van der Waals surface area (Å²) in [7, 11) is 7.55. The van der Waals surface area contributed by atoms with Crippen LogP contribution in [0.2, 0.25) is 0 Å². The zero-order valence-corrected chi connectivity index (χ0v) is 21.4. The van der Waals surface area contributed by atoms with Crippen molar-refractivity contribution in [2.75, 3.05) is 52.8 Å². The molecule has 1 aromatic heterocycles. The van der Waals surface area contributed by atoms with Gasteiger partial charge in [0.2, 0.25) is 0 Å². The average Bonchev–Trinajstić information content (AvgIpc) is 3.43. The van der Waals surface area contributed by atoms with Crippen LogP contribution in [0.1, 0.15) is 30.1 Å². The summed E-state index contributed by atoms with van der Waals surface area (Å²) in [5.41, 5.74) is 2.23. The van der Waals surface area contributed by atoms with Gasteiger partial charge in [-0.15, -0.1) is 35.3 Å². The van der Waals surface area contributed by atoms with Crippen molar-refractivity contribution in [2.45, 2.75) is 25.4 Å². The van der Waals surface area contributed by atoms with E-state index in [9.17, 15) is 0 Å². The Kier molecular flexibility index (Phi) is 10.1. The molecule has 0 bridgehead atoms. The number of benzene rings is 1. The van der Waals surface area contributed by atoms with Gasteiger partial charge in [0.15, 0.2) is 11.1 Å². The lowest BCUT2D eigenvalue weighted by molar-refractivity contribution is 0.239. The van der Waals surface area contributed by atoms with E-state index < -0.39 is 0 Å². The summed E-state index contributed by atoms with van der Waals surface area (Å²) in [5, 5.41) is 9.97. The van der Waals surface area contributed by atoms with E-state index in [2.05, 4.69) is 43.0 Å². The van der Waals surface area contributed by atoms with Crippen LogP contribution >= 0.6 is 35.3 Å². The lowest BCUT2D eigenvalue weighted by atomic mass is 10.0. The number of likely N-dealkylation sites (tertiary alicyclic amines) is 1. The molecule has 2 aromatic rings. The highest BCUT2D eigenvalue weighted by Crippen LogP contribution is 2.31. The molecule has 0 spiro atoms. The molecule has 1 aromatic carbocycles. The van der Waals surface area contributed by atoms with Crippen LogP contribution in [-0.2, 0) is 6.54 Å². The number of methoxy groups -OCH3 is 1. The summed E-state index contributed by atoms with van der Waals surface area (Å²) in [6.45, 7) is 3.64. The van der Waals surface area contributed by atoms with E-state index in [1.807, 2.05) is 31.1 Å². The minimum absolute atomic E-state index is 0. The number of para-hydroxylation sites is 1. The zero-order chi connectivity index (χ0) is 20.6. The topological polar surface area (TPSA) is 65.0 Å². The highest BCUT2D eigenvalue weighted by molar-refractivity contribution is 14.0. The largest absolute Gasteiger partial charge is 0.496 e. The van der Waals surface area contributed by atoms with Crippen LogP contribution in [0, 0.1) is 0 Å².